The second-order valence-corrected chi connectivity index (χ2v) is 5.67. The van der Waals surface area contributed by atoms with E-state index >= 15 is 0 Å². The normalized spacial score (nSPS) is 11.4. The molecule has 0 spiro atoms. The van der Waals surface area contributed by atoms with Gasteiger partial charge in [-0.3, -0.25) is 0 Å². The molecule has 1 aromatic heterocycles. The molecule has 130 valence electrons. The van der Waals surface area contributed by atoms with Crippen LogP contribution in [0.4, 0.5) is 14.9 Å². The first-order valence-electron chi connectivity index (χ1n) is 7.87. The Labute approximate surface area is 149 Å². The van der Waals surface area contributed by atoms with Gasteiger partial charge in [0.05, 0.1) is 11.6 Å². The zero-order chi connectivity index (χ0) is 18.5. The van der Waals surface area contributed by atoms with Crippen molar-refractivity contribution < 1.29 is 9.18 Å². The first kappa shape index (κ1) is 17.2. The van der Waals surface area contributed by atoms with Gasteiger partial charge in [-0.15, -0.1) is 0 Å². The summed E-state index contributed by atoms with van der Waals surface area (Å²) in [5.41, 5.74) is 1.77. The zero-order valence-electron chi connectivity index (χ0n) is 14.0. The fourth-order valence-electron chi connectivity index (χ4n) is 2.53. The summed E-state index contributed by atoms with van der Waals surface area (Å²) >= 11 is 0. The predicted molar refractivity (Wildman–Crippen MR) is 94.8 cm³/mol. The van der Waals surface area contributed by atoms with Crippen LogP contribution in [-0.2, 0) is 7.05 Å². The first-order valence-corrected chi connectivity index (χ1v) is 7.87. The lowest BCUT2D eigenvalue weighted by atomic mass is 10.1. The Morgan fingerprint density at radius 3 is 2.46 bits per heavy atom. The number of nitriles is 1. The standard InChI is InChI=1S/C19H16FN5O/c1-25-11-10-22-18(25)17(14-4-6-15(20)7-5-14)24-19(26)23-16-8-2-13(12-21)3-9-16/h2-11,17H,1H3,(H2,23,24,26). The van der Waals surface area contributed by atoms with Gasteiger partial charge in [-0.2, -0.15) is 5.26 Å². The smallest absolute Gasteiger partial charge is 0.320 e. The molecule has 2 aromatic carbocycles. The summed E-state index contributed by atoms with van der Waals surface area (Å²) in [6.45, 7) is 0. The van der Waals surface area contributed by atoms with Gasteiger partial charge in [0.2, 0.25) is 0 Å². The van der Waals surface area contributed by atoms with Crippen molar-refractivity contribution in [3.05, 3.63) is 83.7 Å². The number of halogens is 1. The predicted octanol–water partition coefficient (Wildman–Crippen LogP) is 3.34. The van der Waals surface area contributed by atoms with Crippen molar-refractivity contribution in [3.8, 4) is 6.07 Å². The Kier molecular flexibility index (Phi) is 4.94. The molecule has 0 fully saturated rings. The van der Waals surface area contributed by atoms with Crippen molar-refractivity contribution in [3.63, 3.8) is 0 Å². The Morgan fingerprint density at radius 2 is 1.88 bits per heavy atom. The number of nitrogens with zero attached hydrogens (tertiary/aromatic N) is 3. The highest BCUT2D eigenvalue weighted by Crippen LogP contribution is 2.21. The van der Waals surface area contributed by atoms with Gasteiger partial charge in [0.25, 0.3) is 0 Å². The van der Waals surface area contributed by atoms with Crippen molar-refractivity contribution in [2.24, 2.45) is 7.05 Å². The summed E-state index contributed by atoms with van der Waals surface area (Å²) in [6.07, 6.45) is 3.40. The highest BCUT2D eigenvalue weighted by Gasteiger charge is 2.20. The second-order valence-electron chi connectivity index (χ2n) is 5.67. The van der Waals surface area contributed by atoms with Crippen molar-refractivity contribution in [1.29, 1.82) is 5.26 Å². The molecule has 0 aliphatic heterocycles. The van der Waals surface area contributed by atoms with Gasteiger partial charge < -0.3 is 15.2 Å². The number of anilines is 1. The van der Waals surface area contributed by atoms with E-state index in [1.54, 1.807) is 53.4 Å². The summed E-state index contributed by atoms with van der Waals surface area (Å²) in [4.78, 5) is 16.7. The van der Waals surface area contributed by atoms with E-state index in [2.05, 4.69) is 15.6 Å². The number of aromatic nitrogens is 2. The average Bonchev–Trinajstić information content (AvgIpc) is 3.07. The van der Waals surface area contributed by atoms with Crippen LogP contribution < -0.4 is 10.6 Å². The minimum atomic E-state index is -0.547. The van der Waals surface area contributed by atoms with Crippen LogP contribution in [0.1, 0.15) is 23.0 Å². The van der Waals surface area contributed by atoms with E-state index in [1.165, 1.54) is 12.1 Å². The molecule has 3 rings (SSSR count). The number of hydrogen-bond donors (Lipinski definition) is 2. The molecule has 0 bridgehead atoms. The number of aryl methyl sites for hydroxylation is 1. The maximum atomic E-state index is 13.2. The molecular weight excluding hydrogens is 333 g/mol. The van der Waals surface area contributed by atoms with Crippen LogP contribution in [0.2, 0.25) is 0 Å². The number of carbonyl (C=O) groups is 1. The van der Waals surface area contributed by atoms with Crippen LogP contribution in [0, 0.1) is 17.1 Å². The van der Waals surface area contributed by atoms with Crippen molar-refractivity contribution in [2.45, 2.75) is 6.04 Å². The number of urea groups is 1. The molecule has 0 saturated heterocycles. The number of nitrogens with one attached hydrogen (secondary N) is 2. The third kappa shape index (κ3) is 3.87. The lowest BCUT2D eigenvalue weighted by Gasteiger charge is -2.19. The largest absolute Gasteiger partial charge is 0.336 e. The van der Waals surface area contributed by atoms with E-state index in [0.717, 1.165) is 0 Å². The van der Waals surface area contributed by atoms with Gasteiger partial charge in [-0.1, -0.05) is 12.1 Å². The molecule has 1 heterocycles. The van der Waals surface area contributed by atoms with E-state index in [0.29, 0.717) is 22.6 Å². The van der Waals surface area contributed by atoms with Crippen LogP contribution in [-0.4, -0.2) is 15.6 Å². The summed E-state index contributed by atoms with van der Waals surface area (Å²) in [6, 6.07) is 13.5. The number of imidazole rings is 1. The SMILES string of the molecule is Cn1ccnc1C(NC(=O)Nc1ccc(C#N)cc1)c1ccc(F)cc1. The summed E-state index contributed by atoms with van der Waals surface area (Å²) < 4.78 is 15.0. The highest BCUT2D eigenvalue weighted by atomic mass is 19.1. The molecule has 0 radical (unpaired) electrons. The first-order chi connectivity index (χ1) is 12.6. The Morgan fingerprint density at radius 1 is 1.19 bits per heavy atom. The van der Waals surface area contributed by atoms with E-state index in [1.807, 2.05) is 13.1 Å². The summed E-state index contributed by atoms with van der Waals surface area (Å²) in [5.74, 6) is 0.265. The van der Waals surface area contributed by atoms with Crippen LogP contribution in [0.25, 0.3) is 0 Å². The van der Waals surface area contributed by atoms with E-state index in [4.69, 9.17) is 5.26 Å². The molecular formula is C19H16FN5O. The molecule has 2 amide bonds. The third-order valence-corrected chi connectivity index (χ3v) is 3.87. The van der Waals surface area contributed by atoms with Crippen LogP contribution in [0.15, 0.2) is 60.9 Å². The maximum absolute atomic E-state index is 13.2. The molecule has 0 aliphatic carbocycles. The number of hydrogen-bond acceptors (Lipinski definition) is 3. The van der Waals surface area contributed by atoms with Crippen LogP contribution >= 0.6 is 0 Å². The fourth-order valence-corrected chi connectivity index (χ4v) is 2.53. The fraction of sp³-hybridized carbons (Fsp3) is 0.105. The van der Waals surface area contributed by atoms with E-state index < -0.39 is 12.1 Å². The minimum absolute atomic E-state index is 0.352. The van der Waals surface area contributed by atoms with Crippen molar-refractivity contribution in [1.82, 2.24) is 14.9 Å². The van der Waals surface area contributed by atoms with E-state index in [9.17, 15) is 9.18 Å². The minimum Gasteiger partial charge on any atom is -0.336 e. The van der Waals surface area contributed by atoms with Crippen LogP contribution in [0.5, 0.6) is 0 Å². The van der Waals surface area contributed by atoms with E-state index in [-0.39, 0.29) is 5.82 Å². The van der Waals surface area contributed by atoms with Crippen molar-refractivity contribution >= 4 is 11.7 Å². The lowest BCUT2D eigenvalue weighted by Crippen LogP contribution is -2.34. The van der Waals surface area contributed by atoms with Gasteiger partial charge in [-0.05, 0) is 42.0 Å². The van der Waals surface area contributed by atoms with Gasteiger partial charge in [0.1, 0.15) is 17.7 Å². The van der Waals surface area contributed by atoms with Gasteiger partial charge in [0.15, 0.2) is 0 Å². The number of amides is 2. The topological polar surface area (TPSA) is 82.7 Å². The highest BCUT2D eigenvalue weighted by molar-refractivity contribution is 5.89. The zero-order valence-corrected chi connectivity index (χ0v) is 14.0. The molecule has 1 atom stereocenters. The number of rotatable bonds is 4. The Bertz CT molecular complexity index is 941. The summed E-state index contributed by atoms with van der Waals surface area (Å²) in [7, 11) is 1.82. The van der Waals surface area contributed by atoms with Crippen molar-refractivity contribution in [2.75, 3.05) is 5.32 Å². The molecule has 3 aromatic rings. The van der Waals surface area contributed by atoms with Crippen LogP contribution in [0.3, 0.4) is 0 Å². The number of carbonyl (C=O) groups excluding carboxylic acids is 1. The van der Waals surface area contributed by atoms with Gasteiger partial charge in [0, 0.05) is 25.1 Å². The molecule has 6 nitrogen and oxygen atoms in total. The van der Waals surface area contributed by atoms with Gasteiger partial charge in [-0.25, -0.2) is 14.2 Å². The Hall–Kier alpha value is -3.66. The molecule has 0 saturated carbocycles. The maximum Gasteiger partial charge on any atom is 0.320 e. The molecule has 2 N–H and O–H groups in total. The quantitative estimate of drug-likeness (QED) is 0.758. The third-order valence-electron chi connectivity index (χ3n) is 3.87. The summed E-state index contributed by atoms with van der Waals surface area (Å²) in [5, 5.41) is 14.4. The number of benzene rings is 2. The molecule has 1 unspecified atom stereocenters. The monoisotopic (exact) mass is 349 g/mol. The average molecular weight is 349 g/mol. The Balaban J connectivity index is 1.81. The molecule has 26 heavy (non-hydrogen) atoms. The molecule has 7 heteroatoms. The lowest BCUT2D eigenvalue weighted by molar-refractivity contribution is 0.249. The van der Waals surface area contributed by atoms with Gasteiger partial charge >= 0.3 is 6.03 Å². The molecule has 0 aliphatic rings. The second kappa shape index (κ2) is 7.49.